The van der Waals surface area contributed by atoms with Crippen LogP contribution in [0.5, 0.6) is 0 Å². The van der Waals surface area contributed by atoms with Crippen molar-refractivity contribution in [2.24, 2.45) is 0 Å². The molecule has 0 aromatic heterocycles. The van der Waals surface area contributed by atoms with Crippen LogP contribution in [0.15, 0.2) is 18.2 Å². The minimum absolute atomic E-state index is 0.0165. The third-order valence-electron chi connectivity index (χ3n) is 5.28. The standard InChI is InChI=1S/C18H23FO/c1-2-3-4-5-9-18-10-8-14(17(20)12-18)15-11-13(19)6-7-16(15)18/h6-7,11,14H,2-5,8-10,12H2,1H3/t14-,18-/m0/s1. The van der Waals surface area contributed by atoms with Gasteiger partial charge in [0.25, 0.3) is 0 Å². The largest absolute Gasteiger partial charge is 0.299 e. The Morgan fingerprint density at radius 1 is 1.30 bits per heavy atom. The van der Waals surface area contributed by atoms with Gasteiger partial charge in [-0.15, -0.1) is 0 Å². The Morgan fingerprint density at radius 3 is 2.90 bits per heavy atom. The van der Waals surface area contributed by atoms with Crippen molar-refractivity contribution in [3.63, 3.8) is 0 Å². The van der Waals surface area contributed by atoms with Gasteiger partial charge in [-0.1, -0.05) is 38.7 Å². The predicted molar refractivity (Wildman–Crippen MR) is 78.4 cm³/mol. The second-order valence-corrected chi connectivity index (χ2v) is 6.56. The van der Waals surface area contributed by atoms with Crippen LogP contribution in [0.25, 0.3) is 0 Å². The highest BCUT2D eigenvalue weighted by atomic mass is 19.1. The Bertz CT molecular complexity index is 522. The fourth-order valence-corrected chi connectivity index (χ4v) is 4.23. The highest BCUT2D eigenvalue weighted by molar-refractivity contribution is 5.90. The summed E-state index contributed by atoms with van der Waals surface area (Å²) < 4.78 is 13.5. The maximum atomic E-state index is 13.5. The molecule has 20 heavy (non-hydrogen) atoms. The molecule has 3 aliphatic rings. The van der Waals surface area contributed by atoms with Crippen LogP contribution in [0.3, 0.4) is 0 Å². The molecule has 1 nitrogen and oxygen atoms in total. The number of fused-ring (bicyclic) bond motifs is 2. The highest BCUT2D eigenvalue weighted by Gasteiger charge is 2.48. The summed E-state index contributed by atoms with van der Waals surface area (Å²) in [4.78, 5) is 12.3. The summed E-state index contributed by atoms with van der Waals surface area (Å²) in [6.45, 7) is 2.21. The normalized spacial score (nSPS) is 27.7. The first-order valence-electron chi connectivity index (χ1n) is 7.99. The fraction of sp³-hybridized carbons (Fsp3) is 0.611. The van der Waals surface area contributed by atoms with Gasteiger partial charge in [-0.25, -0.2) is 4.39 Å². The van der Waals surface area contributed by atoms with Crippen molar-refractivity contribution in [3.05, 3.63) is 35.1 Å². The lowest BCUT2D eigenvalue weighted by Gasteiger charge is -2.47. The van der Waals surface area contributed by atoms with Crippen LogP contribution in [-0.2, 0) is 10.2 Å². The van der Waals surface area contributed by atoms with E-state index in [1.54, 1.807) is 12.1 Å². The van der Waals surface area contributed by atoms with Crippen LogP contribution < -0.4 is 0 Å². The second-order valence-electron chi connectivity index (χ2n) is 6.56. The van der Waals surface area contributed by atoms with Gasteiger partial charge in [0.2, 0.25) is 0 Å². The number of rotatable bonds is 5. The Morgan fingerprint density at radius 2 is 2.15 bits per heavy atom. The van der Waals surface area contributed by atoms with E-state index in [0.717, 1.165) is 24.8 Å². The van der Waals surface area contributed by atoms with Crippen molar-refractivity contribution in [3.8, 4) is 0 Å². The van der Waals surface area contributed by atoms with Crippen LogP contribution in [0.1, 0.15) is 75.3 Å². The molecular formula is C18H23FO. The van der Waals surface area contributed by atoms with Crippen LogP contribution in [-0.4, -0.2) is 5.78 Å². The average Bonchev–Trinajstić information content (AvgIpc) is 2.44. The highest BCUT2D eigenvalue weighted by Crippen LogP contribution is 2.53. The number of ketones is 1. The van der Waals surface area contributed by atoms with E-state index in [4.69, 9.17) is 0 Å². The van der Waals surface area contributed by atoms with Crippen LogP contribution >= 0.6 is 0 Å². The average molecular weight is 274 g/mol. The van der Waals surface area contributed by atoms with Gasteiger partial charge in [-0.05, 0) is 42.5 Å². The van der Waals surface area contributed by atoms with Gasteiger partial charge in [0.05, 0.1) is 0 Å². The fourth-order valence-electron chi connectivity index (χ4n) is 4.23. The van der Waals surface area contributed by atoms with Gasteiger partial charge < -0.3 is 0 Å². The molecular weight excluding hydrogens is 251 g/mol. The van der Waals surface area contributed by atoms with E-state index < -0.39 is 0 Å². The van der Waals surface area contributed by atoms with E-state index >= 15 is 0 Å². The zero-order chi connectivity index (χ0) is 14.2. The van der Waals surface area contributed by atoms with Crippen LogP contribution in [0, 0.1) is 5.82 Å². The maximum Gasteiger partial charge on any atom is 0.141 e. The van der Waals surface area contributed by atoms with Gasteiger partial charge in [0.15, 0.2) is 0 Å². The SMILES string of the molecule is CCCCCC[C@]12CC[C@H](C(=O)C1)c1cc(F)ccc12. The molecule has 3 aliphatic carbocycles. The van der Waals surface area contributed by atoms with E-state index in [-0.39, 0.29) is 17.2 Å². The maximum absolute atomic E-state index is 13.5. The molecule has 2 bridgehead atoms. The van der Waals surface area contributed by atoms with Crippen molar-refractivity contribution in [2.45, 2.75) is 69.6 Å². The number of hydrogen-bond acceptors (Lipinski definition) is 1. The minimum atomic E-state index is -0.203. The topological polar surface area (TPSA) is 17.1 Å². The molecule has 2 atom stereocenters. The number of Topliss-reactive ketones (excluding diaryl/α,β-unsaturated/α-hetero) is 1. The van der Waals surface area contributed by atoms with Gasteiger partial charge in [0.1, 0.15) is 11.6 Å². The first kappa shape index (κ1) is 13.8. The first-order chi connectivity index (χ1) is 9.66. The van der Waals surface area contributed by atoms with Gasteiger partial charge in [-0.2, -0.15) is 0 Å². The third-order valence-corrected chi connectivity index (χ3v) is 5.28. The zero-order valence-corrected chi connectivity index (χ0v) is 12.3. The number of hydrogen-bond donors (Lipinski definition) is 0. The number of carbonyl (C=O) groups is 1. The first-order valence-corrected chi connectivity index (χ1v) is 7.99. The molecule has 1 saturated carbocycles. The predicted octanol–water partition coefficient (Wildman–Crippen LogP) is 4.88. The zero-order valence-electron chi connectivity index (χ0n) is 12.3. The molecule has 0 aliphatic heterocycles. The summed E-state index contributed by atoms with van der Waals surface area (Å²) in [5, 5.41) is 0. The Labute approximate surface area is 120 Å². The second kappa shape index (κ2) is 5.31. The van der Waals surface area contributed by atoms with Gasteiger partial charge in [0, 0.05) is 17.8 Å². The van der Waals surface area contributed by atoms with Crippen LogP contribution in [0.4, 0.5) is 4.39 Å². The van der Waals surface area contributed by atoms with E-state index in [2.05, 4.69) is 6.92 Å². The van der Waals surface area contributed by atoms with Crippen molar-refractivity contribution < 1.29 is 9.18 Å². The molecule has 1 aromatic carbocycles. The molecule has 108 valence electrons. The summed E-state index contributed by atoms with van der Waals surface area (Å²) in [6.07, 6.45) is 8.72. The Kier molecular flexibility index (Phi) is 3.66. The summed E-state index contributed by atoms with van der Waals surface area (Å²) in [6, 6.07) is 5.12. The van der Waals surface area contributed by atoms with Crippen molar-refractivity contribution >= 4 is 5.78 Å². The van der Waals surface area contributed by atoms with Gasteiger partial charge in [-0.3, -0.25) is 4.79 Å². The molecule has 1 aromatic rings. The lowest BCUT2D eigenvalue weighted by molar-refractivity contribution is -0.125. The van der Waals surface area contributed by atoms with Crippen molar-refractivity contribution in [2.75, 3.05) is 0 Å². The smallest absolute Gasteiger partial charge is 0.141 e. The molecule has 0 saturated heterocycles. The molecule has 0 amide bonds. The molecule has 0 N–H and O–H groups in total. The summed E-state index contributed by atoms with van der Waals surface area (Å²) in [7, 11) is 0. The third kappa shape index (κ3) is 2.19. The minimum Gasteiger partial charge on any atom is -0.299 e. The van der Waals surface area contributed by atoms with Crippen LogP contribution in [0.2, 0.25) is 0 Å². The molecule has 0 radical (unpaired) electrons. The molecule has 1 fully saturated rings. The molecule has 0 heterocycles. The number of unbranched alkanes of at least 4 members (excludes halogenated alkanes) is 3. The summed E-state index contributed by atoms with van der Waals surface area (Å²) in [5.74, 6) is 0.105. The summed E-state index contributed by atoms with van der Waals surface area (Å²) >= 11 is 0. The lowest BCUT2D eigenvalue weighted by atomic mass is 9.55. The van der Waals surface area contributed by atoms with Gasteiger partial charge >= 0.3 is 0 Å². The quantitative estimate of drug-likeness (QED) is 0.699. The lowest BCUT2D eigenvalue weighted by Crippen LogP contribution is -2.43. The molecule has 0 spiro atoms. The Hall–Kier alpha value is -1.18. The van der Waals surface area contributed by atoms with E-state index in [1.165, 1.54) is 31.2 Å². The number of benzene rings is 1. The summed E-state index contributed by atoms with van der Waals surface area (Å²) in [5.41, 5.74) is 2.28. The van der Waals surface area contributed by atoms with E-state index in [0.29, 0.717) is 12.2 Å². The van der Waals surface area contributed by atoms with Crippen molar-refractivity contribution in [1.29, 1.82) is 0 Å². The number of halogens is 1. The van der Waals surface area contributed by atoms with Crippen molar-refractivity contribution in [1.82, 2.24) is 0 Å². The number of carbonyl (C=O) groups excluding carboxylic acids is 1. The molecule has 0 unspecified atom stereocenters. The molecule has 2 heteroatoms. The van der Waals surface area contributed by atoms with E-state index in [9.17, 15) is 9.18 Å². The van der Waals surface area contributed by atoms with E-state index in [1.807, 2.05) is 6.07 Å². The molecule has 4 rings (SSSR count). The Balaban J connectivity index is 1.89. The monoisotopic (exact) mass is 274 g/mol.